The Bertz CT molecular complexity index is 1580. The Morgan fingerprint density at radius 3 is 1.38 bits per heavy atom. The molecule has 284 valence electrons. The fraction of sp³-hybridized carbons (Fsp3) is 0.409. The first kappa shape index (κ1) is 40.7. The zero-order valence-electron chi connectivity index (χ0n) is 30.9. The third-order valence-electron chi connectivity index (χ3n) is 9.07. The molecule has 0 amide bonds. The number of phenolic OH excluding ortho intramolecular Hbond substituents is 1. The second-order valence-corrected chi connectivity index (χ2v) is 13.1. The van der Waals surface area contributed by atoms with E-state index in [1.807, 2.05) is 98.8 Å². The van der Waals surface area contributed by atoms with Gasteiger partial charge in [-0.15, -0.1) is 0 Å². The molecule has 0 heterocycles. The molecule has 2 fully saturated rings. The Kier molecular flexibility index (Phi) is 17.5. The number of hydrogen-bond donors (Lipinski definition) is 2. The first-order chi connectivity index (χ1) is 25.8. The normalized spacial score (nSPS) is 19.2. The molecule has 0 atom stereocenters. The van der Waals surface area contributed by atoms with E-state index >= 15 is 0 Å². The van der Waals surface area contributed by atoms with Crippen LogP contribution in [-0.2, 0) is 32.3 Å². The number of aromatic hydroxyl groups is 1. The minimum atomic E-state index is -0.198. The summed E-state index contributed by atoms with van der Waals surface area (Å²) in [4.78, 5) is 23.0. The molecule has 0 spiro atoms. The quantitative estimate of drug-likeness (QED) is 0.138. The average molecular weight is 727 g/mol. The molecular weight excluding hydrogens is 672 g/mol. The van der Waals surface area contributed by atoms with Crippen LogP contribution in [0.25, 0.3) is 0 Å². The van der Waals surface area contributed by atoms with E-state index in [1.165, 1.54) is 0 Å². The van der Waals surface area contributed by atoms with E-state index in [9.17, 15) is 14.7 Å². The van der Waals surface area contributed by atoms with E-state index in [1.54, 1.807) is 24.3 Å². The van der Waals surface area contributed by atoms with E-state index in [0.29, 0.717) is 26.4 Å². The Labute approximate surface area is 313 Å². The number of ether oxygens (including phenoxy) is 5. The molecule has 53 heavy (non-hydrogen) atoms. The lowest BCUT2D eigenvalue weighted by Gasteiger charge is -2.27. The highest BCUT2D eigenvalue weighted by Gasteiger charge is 2.28. The van der Waals surface area contributed by atoms with Gasteiger partial charge >= 0.3 is 11.9 Å². The maximum Gasteiger partial charge on any atom is 0.308 e. The van der Waals surface area contributed by atoms with Crippen molar-refractivity contribution in [3.05, 3.63) is 120 Å². The lowest BCUT2D eigenvalue weighted by atomic mass is 9.87. The van der Waals surface area contributed by atoms with Crippen molar-refractivity contribution in [3.63, 3.8) is 0 Å². The van der Waals surface area contributed by atoms with Gasteiger partial charge in [-0.2, -0.15) is 0 Å². The zero-order chi connectivity index (χ0) is 37.7. The molecule has 9 heteroatoms. The van der Waals surface area contributed by atoms with Crippen LogP contribution in [0.5, 0.6) is 23.0 Å². The van der Waals surface area contributed by atoms with Crippen molar-refractivity contribution >= 4 is 11.9 Å². The summed E-state index contributed by atoms with van der Waals surface area (Å²) in [6.45, 7) is 5.67. The number of esters is 2. The number of carbonyl (C=O) groups is 2. The molecule has 0 unspecified atom stereocenters. The van der Waals surface area contributed by atoms with Gasteiger partial charge in [0, 0.05) is 0 Å². The largest absolute Gasteiger partial charge is 0.508 e. The summed E-state index contributed by atoms with van der Waals surface area (Å²) in [7, 11) is 0. The van der Waals surface area contributed by atoms with E-state index in [0.717, 1.165) is 79.7 Å². The first-order valence-electron chi connectivity index (χ1n) is 18.7. The fourth-order valence-electron chi connectivity index (χ4n) is 6.08. The van der Waals surface area contributed by atoms with Gasteiger partial charge < -0.3 is 33.9 Å². The van der Waals surface area contributed by atoms with E-state index in [-0.39, 0.29) is 41.7 Å². The van der Waals surface area contributed by atoms with Crippen molar-refractivity contribution in [1.29, 1.82) is 0 Å². The molecule has 2 aliphatic rings. The molecular formula is C44H54O9. The average Bonchev–Trinajstić information content (AvgIpc) is 3.19. The maximum atomic E-state index is 11.8. The lowest BCUT2D eigenvalue weighted by Crippen LogP contribution is -2.29. The third kappa shape index (κ3) is 15.2. The van der Waals surface area contributed by atoms with Crippen LogP contribution in [0.15, 0.2) is 109 Å². The summed E-state index contributed by atoms with van der Waals surface area (Å²) >= 11 is 0. The Hall–Kier alpha value is -5.02. The predicted octanol–water partition coefficient (Wildman–Crippen LogP) is 8.84. The second kappa shape index (κ2) is 22.8. The molecule has 9 nitrogen and oxygen atoms in total. The third-order valence-corrected chi connectivity index (χ3v) is 9.07. The van der Waals surface area contributed by atoms with Crippen molar-refractivity contribution in [1.82, 2.24) is 0 Å². The summed E-state index contributed by atoms with van der Waals surface area (Å²) in [5.41, 5.74) is 2.27. The molecule has 0 saturated heterocycles. The molecule has 0 bridgehead atoms. The van der Waals surface area contributed by atoms with Crippen molar-refractivity contribution < 1.29 is 43.5 Å². The van der Waals surface area contributed by atoms with Crippen molar-refractivity contribution in [2.75, 3.05) is 13.2 Å². The molecule has 0 aromatic heterocycles. The molecule has 0 aliphatic heterocycles. The SMILES string of the molecule is CCOC(=O)C1CCC(O)CC1.CCOC(=O)C1CCC(Oc2ccc(OCc3ccccc3)cc2)CC1.Oc1ccc(OCc2ccccc2)cc1. The Morgan fingerprint density at radius 1 is 0.547 bits per heavy atom. The maximum absolute atomic E-state index is 11.8. The minimum absolute atomic E-state index is 0.0311. The van der Waals surface area contributed by atoms with Crippen LogP contribution < -0.4 is 14.2 Å². The topological polar surface area (TPSA) is 121 Å². The second-order valence-electron chi connectivity index (χ2n) is 13.1. The van der Waals surface area contributed by atoms with E-state index in [4.69, 9.17) is 28.8 Å². The van der Waals surface area contributed by atoms with Gasteiger partial charge in [0.05, 0.1) is 37.3 Å². The fourth-order valence-corrected chi connectivity index (χ4v) is 6.08. The summed E-state index contributed by atoms with van der Waals surface area (Å²) in [5, 5.41) is 18.3. The number of aliphatic hydroxyl groups excluding tert-OH is 1. The van der Waals surface area contributed by atoms with Gasteiger partial charge in [0.15, 0.2) is 0 Å². The number of hydrogen-bond acceptors (Lipinski definition) is 9. The molecule has 4 aromatic rings. The molecule has 2 N–H and O–H groups in total. The van der Waals surface area contributed by atoms with Gasteiger partial charge in [0.1, 0.15) is 36.2 Å². The van der Waals surface area contributed by atoms with E-state index < -0.39 is 0 Å². The smallest absolute Gasteiger partial charge is 0.308 e. The minimum Gasteiger partial charge on any atom is -0.508 e. The van der Waals surface area contributed by atoms with Crippen LogP contribution in [0, 0.1) is 11.8 Å². The van der Waals surface area contributed by atoms with Crippen molar-refractivity contribution in [2.24, 2.45) is 11.8 Å². The van der Waals surface area contributed by atoms with Gasteiger partial charge in [-0.25, -0.2) is 0 Å². The van der Waals surface area contributed by atoms with Gasteiger partial charge in [-0.3, -0.25) is 9.59 Å². The van der Waals surface area contributed by atoms with Crippen LogP contribution >= 0.6 is 0 Å². The number of phenols is 1. The standard InChI is InChI=1S/C22H26O4.C13H12O2.C9H16O3/c1-2-24-22(23)18-8-10-20(11-9-18)26-21-14-12-19(13-15-21)25-16-17-6-4-3-5-7-17;14-12-6-8-13(9-7-12)15-10-11-4-2-1-3-5-11;1-2-12-9(11)7-3-5-8(10)6-4-7/h3-7,12-15,18,20H,2,8-11,16H2,1H3;1-9,14H,10H2;7-8,10H,2-6H2,1H3. The van der Waals surface area contributed by atoms with Gasteiger partial charge in [0.25, 0.3) is 0 Å². The molecule has 6 rings (SSSR count). The monoisotopic (exact) mass is 726 g/mol. The number of carbonyl (C=O) groups excluding carboxylic acids is 2. The highest BCUT2D eigenvalue weighted by molar-refractivity contribution is 5.72. The predicted molar refractivity (Wildman–Crippen MR) is 204 cm³/mol. The molecule has 4 aromatic carbocycles. The number of rotatable bonds is 12. The highest BCUT2D eigenvalue weighted by atomic mass is 16.5. The molecule has 2 aliphatic carbocycles. The van der Waals surface area contributed by atoms with Crippen LogP contribution in [0.3, 0.4) is 0 Å². The van der Waals surface area contributed by atoms with Gasteiger partial charge in [-0.05, 0) is 125 Å². The van der Waals surface area contributed by atoms with E-state index in [2.05, 4.69) is 0 Å². The van der Waals surface area contributed by atoms with Crippen LogP contribution in [0.4, 0.5) is 0 Å². The van der Waals surface area contributed by atoms with Crippen LogP contribution in [-0.4, -0.2) is 47.6 Å². The number of aliphatic hydroxyl groups is 1. The summed E-state index contributed by atoms with van der Waals surface area (Å²) in [6.07, 6.45) is 6.44. The van der Waals surface area contributed by atoms with Crippen LogP contribution in [0.2, 0.25) is 0 Å². The number of benzene rings is 4. The summed E-state index contributed by atoms with van der Waals surface area (Å²) in [6, 6.07) is 34.5. The Morgan fingerprint density at radius 2 is 0.943 bits per heavy atom. The van der Waals surface area contributed by atoms with Gasteiger partial charge in [-0.1, -0.05) is 60.7 Å². The first-order valence-corrected chi connectivity index (χ1v) is 18.7. The molecule has 0 radical (unpaired) electrons. The van der Waals surface area contributed by atoms with Crippen LogP contribution in [0.1, 0.15) is 76.3 Å². The zero-order valence-corrected chi connectivity index (χ0v) is 30.9. The highest BCUT2D eigenvalue weighted by Crippen LogP contribution is 2.29. The summed E-state index contributed by atoms with van der Waals surface area (Å²) < 4.78 is 27.4. The lowest BCUT2D eigenvalue weighted by molar-refractivity contribution is -0.150. The molecule has 2 saturated carbocycles. The van der Waals surface area contributed by atoms with Crippen molar-refractivity contribution in [3.8, 4) is 23.0 Å². The Balaban J connectivity index is 0.000000196. The summed E-state index contributed by atoms with van der Waals surface area (Å²) in [5.74, 6) is 2.59. The van der Waals surface area contributed by atoms with Crippen molar-refractivity contribution in [2.45, 2.75) is 90.6 Å². The van der Waals surface area contributed by atoms with Gasteiger partial charge in [0.2, 0.25) is 0 Å².